The number of rotatable bonds is 12. The molecule has 0 radical (unpaired) electrons. The summed E-state index contributed by atoms with van der Waals surface area (Å²) in [5, 5.41) is 0. The predicted octanol–water partition coefficient (Wildman–Crippen LogP) is 7.11. The average Bonchev–Trinajstić information content (AvgIpc) is 2.45. The third kappa shape index (κ3) is 16.8. The van der Waals surface area contributed by atoms with Crippen molar-refractivity contribution in [2.24, 2.45) is 0 Å². The van der Waals surface area contributed by atoms with E-state index in [1.54, 1.807) is 6.92 Å². The molecule has 0 fully saturated rings. The molecule has 0 saturated heterocycles. The first-order valence-electron chi connectivity index (χ1n) is 9.01. The van der Waals surface area contributed by atoms with Crippen LogP contribution in [-0.2, 0) is 4.79 Å². The van der Waals surface area contributed by atoms with Gasteiger partial charge in [-0.25, -0.2) is 0 Å². The Bertz CT molecular complexity index is 443. The molecule has 1 nitrogen and oxygen atoms in total. The average molecular weight is 317 g/mol. The Labute approximate surface area is 144 Å². The standard InChI is InChI=1S/C22H36O/c1-19(2)13-11-15-21(4)17-12-16-20(3)14-9-7-6-8-10-18-22(5)23/h6,8,13-14,17H,7,9-12,15-16,18H2,1-5H3/b8-6-,20-14-,21-17+. The Hall–Kier alpha value is -1.37. The van der Waals surface area contributed by atoms with Crippen molar-refractivity contribution < 1.29 is 4.79 Å². The summed E-state index contributed by atoms with van der Waals surface area (Å²) >= 11 is 0. The number of carbonyl (C=O) groups is 1. The summed E-state index contributed by atoms with van der Waals surface area (Å²) in [5.74, 6) is 0.273. The molecule has 1 heteroatoms. The van der Waals surface area contributed by atoms with E-state index in [1.165, 1.54) is 23.1 Å². The smallest absolute Gasteiger partial charge is 0.130 e. The van der Waals surface area contributed by atoms with E-state index in [0.29, 0.717) is 6.42 Å². The van der Waals surface area contributed by atoms with Gasteiger partial charge in [0.1, 0.15) is 5.78 Å². The second-order valence-electron chi connectivity index (χ2n) is 6.75. The molecular weight excluding hydrogens is 280 g/mol. The van der Waals surface area contributed by atoms with Gasteiger partial charge in [0.2, 0.25) is 0 Å². The first-order chi connectivity index (χ1) is 10.9. The summed E-state index contributed by atoms with van der Waals surface area (Å²) in [6.07, 6.45) is 19.8. The number of unbranched alkanes of at least 4 members (excludes halogenated alkanes) is 1. The molecule has 0 aromatic heterocycles. The Morgan fingerprint density at radius 1 is 0.609 bits per heavy atom. The molecule has 130 valence electrons. The van der Waals surface area contributed by atoms with Crippen molar-refractivity contribution in [2.75, 3.05) is 0 Å². The van der Waals surface area contributed by atoms with Gasteiger partial charge in [0.05, 0.1) is 0 Å². The molecule has 23 heavy (non-hydrogen) atoms. The summed E-state index contributed by atoms with van der Waals surface area (Å²) in [6.45, 7) is 10.4. The van der Waals surface area contributed by atoms with Crippen LogP contribution in [0.15, 0.2) is 47.1 Å². The van der Waals surface area contributed by atoms with Crippen LogP contribution < -0.4 is 0 Å². The van der Waals surface area contributed by atoms with Crippen LogP contribution in [0.5, 0.6) is 0 Å². The van der Waals surface area contributed by atoms with Gasteiger partial charge >= 0.3 is 0 Å². The Kier molecular flexibility index (Phi) is 13.4. The fraction of sp³-hybridized carbons (Fsp3) is 0.591. The van der Waals surface area contributed by atoms with Crippen LogP contribution in [0.25, 0.3) is 0 Å². The number of hydrogen-bond acceptors (Lipinski definition) is 1. The molecule has 0 amide bonds. The normalized spacial score (nSPS) is 12.7. The maximum atomic E-state index is 10.8. The summed E-state index contributed by atoms with van der Waals surface area (Å²) < 4.78 is 0. The number of carbonyl (C=O) groups excluding carboxylic acids is 1. The molecule has 0 unspecified atom stereocenters. The highest BCUT2D eigenvalue weighted by Gasteiger charge is 1.92. The van der Waals surface area contributed by atoms with Gasteiger partial charge in [-0.1, -0.05) is 47.1 Å². The van der Waals surface area contributed by atoms with Crippen molar-refractivity contribution in [3.63, 3.8) is 0 Å². The lowest BCUT2D eigenvalue weighted by Crippen LogP contribution is -1.86. The number of hydrogen-bond donors (Lipinski definition) is 0. The maximum absolute atomic E-state index is 10.8. The van der Waals surface area contributed by atoms with E-state index in [-0.39, 0.29) is 5.78 Å². The van der Waals surface area contributed by atoms with Crippen molar-refractivity contribution >= 4 is 5.78 Å². The van der Waals surface area contributed by atoms with Crippen LogP contribution in [0.1, 0.15) is 86.0 Å². The zero-order valence-corrected chi connectivity index (χ0v) is 16.0. The van der Waals surface area contributed by atoms with Gasteiger partial charge in [0.15, 0.2) is 0 Å². The molecule has 0 atom stereocenters. The van der Waals surface area contributed by atoms with Crippen LogP contribution in [0, 0.1) is 0 Å². The van der Waals surface area contributed by atoms with E-state index in [4.69, 9.17) is 0 Å². The van der Waals surface area contributed by atoms with E-state index >= 15 is 0 Å². The molecule has 0 aliphatic carbocycles. The van der Waals surface area contributed by atoms with Gasteiger partial charge in [-0.15, -0.1) is 0 Å². The molecule has 0 spiro atoms. The Balaban J connectivity index is 3.81. The molecular formula is C22H36O. The molecule has 0 aromatic carbocycles. The Morgan fingerprint density at radius 3 is 1.70 bits per heavy atom. The number of allylic oxidation sites excluding steroid dienone is 8. The molecule has 0 aliphatic heterocycles. The fourth-order valence-corrected chi connectivity index (χ4v) is 2.29. The molecule has 0 heterocycles. The van der Waals surface area contributed by atoms with Crippen LogP contribution in [0.3, 0.4) is 0 Å². The largest absolute Gasteiger partial charge is 0.300 e. The summed E-state index contributed by atoms with van der Waals surface area (Å²) in [4.78, 5) is 10.8. The third-order valence-corrected chi connectivity index (χ3v) is 3.78. The van der Waals surface area contributed by atoms with Gasteiger partial charge < -0.3 is 4.79 Å². The number of ketones is 1. The minimum Gasteiger partial charge on any atom is -0.300 e. The zero-order chi connectivity index (χ0) is 17.5. The summed E-state index contributed by atoms with van der Waals surface area (Å²) in [6, 6.07) is 0. The zero-order valence-electron chi connectivity index (χ0n) is 16.0. The highest BCUT2D eigenvalue weighted by atomic mass is 16.1. The first-order valence-corrected chi connectivity index (χ1v) is 9.01. The minimum atomic E-state index is 0.273. The molecule has 0 N–H and O–H groups in total. The second-order valence-corrected chi connectivity index (χ2v) is 6.75. The summed E-state index contributed by atoms with van der Waals surface area (Å²) in [7, 11) is 0. The lowest BCUT2D eigenvalue weighted by molar-refractivity contribution is -0.116. The van der Waals surface area contributed by atoms with Gasteiger partial charge in [0.25, 0.3) is 0 Å². The molecule has 0 aromatic rings. The third-order valence-electron chi connectivity index (χ3n) is 3.78. The Morgan fingerprint density at radius 2 is 1.13 bits per heavy atom. The van der Waals surface area contributed by atoms with Crippen molar-refractivity contribution in [1.82, 2.24) is 0 Å². The highest BCUT2D eigenvalue weighted by molar-refractivity contribution is 5.75. The van der Waals surface area contributed by atoms with Crippen molar-refractivity contribution in [1.29, 1.82) is 0 Å². The quantitative estimate of drug-likeness (QED) is 0.277. The minimum absolute atomic E-state index is 0.273. The highest BCUT2D eigenvalue weighted by Crippen LogP contribution is 2.12. The summed E-state index contributed by atoms with van der Waals surface area (Å²) in [5.41, 5.74) is 4.39. The van der Waals surface area contributed by atoms with Crippen LogP contribution in [0.2, 0.25) is 0 Å². The van der Waals surface area contributed by atoms with Gasteiger partial charge in [-0.2, -0.15) is 0 Å². The lowest BCUT2D eigenvalue weighted by Gasteiger charge is -2.01. The van der Waals surface area contributed by atoms with Crippen molar-refractivity contribution in [3.8, 4) is 0 Å². The van der Waals surface area contributed by atoms with Gasteiger partial charge in [-0.05, 0) is 79.6 Å². The fourth-order valence-electron chi connectivity index (χ4n) is 2.29. The second kappa shape index (κ2) is 14.2. The number of Topliss-reactive ketones (excluding diaryl/α,β-unsaturated/α-hetero) is 1. The van der Waals surface area contributed by atoms with E-state index in [1.807, 2.05) is 0 Å². The molecule has 0 saturated carbocycles. The maximum Gasteiger partial charge on any atom is 0.130 e. The topological polar surface area (TPSA) is 17.1 Å². The lowest BCUT2D eigenvalue weighted by atomic mass is 10.1. The molecule has 0 aliphatic rings. The van der Waals surface area contributed by atoms with Crippen molar-refractivity contribution in [3.05, 3.63) is 47.1 Å². The molecule has 0 rings (SSSR count). The van der Waals surface area contributed by atoms with Crippen LogP contribution in [-0.4, -0.2) is 5.78 Å². The van der Waals surface area contributed by atoms with E-state index in [0.717, 1.165) is 38.5 Å². The van der Waals surface area contributed by atoms with Crippen molar-refractivity contribution in [2.45, 2.75) is 86.0 Å². The van der Waals surface area contributed by atoms with Crippen LogP contribution in [0.4, 0.5) is 0 Å². The van der Waals surface area contributed by atoms with Crippen LogP contribution >= 0.6 is 0 Å². The predicted molar refractivity (Wildman–Crippen MR) is 104 cm³/mol. The van der Waals surface area contributed by atoms with E-state index in [9.17, 15) is 4.79 Å². The van der Waals surface area contributed by atoms with Gasteiger partial charge in [-0.3, -0.25) is 0 Å². The SMILES string of the molecule is CC(=O)CC/C=C\CC/C=C(/C)CC/C=C(\C)CCC=C(C)C. The van der Waals surface area contributed by atoms with Gasteiger partial charge in [0, 0.05) is 6.42 Å². The van der Waals surface area contributed by atoms with E-state index in [2.05, 4.69) is 58.1 Å². The van der Waals surface area contributed by atoms with E-state index < -0.39 is 0 Å². The molecule has 0 bridgehead atoms. The monoisotopic (exact) mass is 316 g/mol. The first kappa shape index (κ1) is 21.6.